The Balaban J connectivity index is 1.44. The highest BCUT2D eigenvalue weighted by Crippen LogP contribution is 2.45. The molecule has 4 heterocycles. The highest BCUT2D eigenvalue weighted by molar-refractivity contribution is 7.18. The fourth-order valence-electron chi connectivity index (χ4n) is 6.15. The van der Waals surface area contributed by atoms with Gasteiger partial charge in [0, 0.05) is 22.7 Å². The minimum absolute atomic E-state index is 0.0190. The molecule has 6 rings (SSSR count). The van der Waals surface area contributed by atoms with E-state index < -0.39 is 77.7 Å². The quantitative estimate of drug-likeness (QED) is 0.186. The summed E-state index contributed by atoms with van der Waals surface area (Å²) in [4.78, 5) is 41.5. The van der Waals surface area contributed by atoms with Crippen molar-refractivity contribution in [3.63, 3.8) is 0 Å². The lowest BCUT2D eigenvalue weighted by Crippen LogP contribution is -2.57. The number of halogens is 8. The van der Waals surface area contributed by atoms with Crippen LogP contribution in [0.5, 0.6) is 0 Å². The number of rotatable bonds is 7. The van der Waals surface area contributed by atoms with Crippen molar-refractivity contribution in [2.75, 3.05) is 18.0 Å². The van der Waals surface area contributed by atoms with Gasteiger partial charge in [0.25, 0.3) is 5.92 Å². The van der Waals surface area contributed by atoms with Gasteiger partial charge in [-0.1, -0.05) is 26.8 Å². The molecule has 0 saturated carbocycles. The number of amides is 1. The molecule has 0 aliphatic carbocycles. The zero-order chi connectivity index (χ0) is 39.0. The third-order valence-electron chi connectivity index (χ3n) is 8.92. The molecule has 1 amide bonds. The van der Waals surface area contributed by atoms with Gasteiger partial charge >= 0.3 is 24.4 Å². The second kappa shape index (κ2) is 12.9. The third kappa shape index (κ3) is 7.50. The number of thiazole rings is 1. The van der Waals surface area contributed by atoms with Gasteiger partial charge in [-0.05, 0) is 55.3 Å². The lowest BCUT2D eigenvalue weighted by molar-refractivity contribution is -0.143. The van der Waals surface area contributed by atoms with Crippen molar-refractivity contribution < 1.29 is 54.6 Å². The fourth-order valence-corrected chi connectivity index (χ4v) is 7.55. The summed E-state index contributed by atoms with van der Waals surface area (Å²) in [6, 6.07) is 4.44. The fraction of sp³-hybridized carbons (Fsp3) is 0.400. The van der Waals surface area contributed by atoms with Crippen LogP contribution in [0.25, 0.3) is 21.0 Å². The van der Waals surface area contributed by atoms with E-state index in [1.54, 1.807) is 13.0 Å². The number of carbonyl (C=O) groups excluding carboxylic acids is 1. The first-order chi connectivity index (χ1) is 24.4. The molecule has 2 atom stereocenters. The molecule has 0 bridgehead atoms. The zero-order valence-electron chi connectivity index (χ0n) is 28.7. The molecular formula is C35H31F8N5O4S. The van der Waals surface area contributed by atoms with Crippen LogP contribution in [0, 0.1) is 6.92 Å². The van der Waals surface area contributed by atoms with Gasteiger partial charge in [0.2, 0.25) is 5.95 Å². The Morgan fingerprint density at radius 2 is 1.60 bits per heavy atom. The molecule has 2 unspecified atom stereocenters. The summed E-state index contributed by atoms with van der Waals surface area (Å²) < 4.78 is 115. The summed E-state index contributed by atoms with van der Waals surface area (Å²) in [6.45, 7) is 7.07. The van der Waals surface area contributed by atoms with Crippen molar-refractivity contribution in [2.45, 2.75) is 77.0 Å². The van der Waals surface area contributed by atoms with Crippen LogP contribution < -0.4 is 4.90 Å². The maximum absolute atomic E-state index is 13.9. The number of benzene rings is 2. The largest absolute Gasteiger partial charge is 0.478 e. The van der Waals surface area contributed by atoms with Gasteiger partial charge in [-0.2, -0.15) is 26.3 Å². The molecule has 2 fully saturated rings. The number of carboxylic acid groups (broad SMARTS) is 1. The second-order valence-electron chi connectivity index (χ2n) is 14.0. The Kier molecular flexibility index (Phi) is 9.23. The van der Waals surface area contributed by atoms with Gasteiger partial charge in [0.05, 0.1) is 58.6 Å². The molecule has 2 saturated heterocycles. The molecular weight excluding hydrogens is 738 g/mol. The number of aryl methyl sites for hydroxylation is 1. The molecule has 0 spiro atoms. The Morgan fingerprint density at radius 1 is 0.981 bits per heavy atom. The summed E-state index contributed by atoms with van der Waals surface area (Å²) in [5.74, 6) is -4.17. The van der Waals surface area contributed by atoms with E-state index in [2.05, 4.69) is 9.97 Å². The van der Waals surface area contributed by atoms with E-state index in [0.29, 0.717) is 44.4 Å². The smallest absolute Gasteiger partial charge is 0.416 e. The summed E-state index contributed by atoms with van der Waals surface area (Å²) in [6.07, 6.45) is -11.5. The van der Waals surface area contributed by atoms with Crippen molar-refractivity contribution in [1.82, 2.24) is 19.9 Å². The predicted octanol–water partition coefficient (Wildman–Crippen LogP) is 9.15. The molecule has 2 aliphatic rings. The normalized spacial score (nSPS) is 19.0. The van der Waals surface area contributed by atoms with Gasteiger partial charge in [-0.3, -0.25) is 4.90 Å². The lowest BCUT2D eigenvalue weighted by Gasteiger charge is -2.38. The molecule has 1 N–H and O–H groups in total. The van der Waals surface area contributed by atoms with Crippen molar-refractivity contribution in [3.05, 3.63) is 81.8 Å². The van der Waals surface area contributed by atoms with Crippen LogP contribution in [-0.2, 0) is 29.0 Å². The average Bonchev–Trinajstić information content (AvgIpc) is 3.60. The van der Waals surface area contributed by atoms with Gasteiger partial charge in [0.1, 0.15) is 11.1 Å². The van der Waals surface area contributed by atoms with Crippen LogP contribution in [-0.4, -0.2) is 62.1 Å². The number of ether oxygens (including phenoxy) is 1. The molecule has 18 heteroatoms. The standard InChI is InChI=1S/C35H31F8N5O4S/c1-16-8-18(29(49)50)6-7-22(16)28-46-27(32(3,4)5)26(53-28)23-12-44-30(47-14-33(36,37)15-47)45-24(23)13-48-17(2)25(52-31(48)51)19-9-20(34(38,39)40)11-21(10-19)35(41,42)43/h6-12,17,25H,13-15H2,1-5H3,(H,49,50). The van der Waals surface area contributed by atoms with E-state index >= 15 is 0 Å². The number of carboxylic acids is 1. The van der Waals surface area contributed by atoms with E-state index in [4.69, 9.17) is 9.72 Å². The van der Waals surface area contributed by atoms with E-state index in [0.717, 1.165) is 4.90 Å². The number of carbonyl (C=O) groups is 2. The molecule has 4 aromatic rings. The maximum Gasteiger partial charge on any atom is 0.416 e. The summed E-state index contributed by atoms with van der Waals surface area (Å²) >= 11 is 1.21. The topological polar surface area (TPSA) is 109 Å². The molecule has 53 heavy (non-hydrogen) atoms. The van der Waals surface area contributed by atoms with Crippen LogP contribution in [0.2, 0.25) is 0 Å². The number of hydrogen-bond donors (Lipinski definition) is 1. The van der Waals surface area contributed by atoms with Crippen molar-refractivity contribution >= 4 is 29.3 Å². The third-order valence-corrected chi connectivity index (χ3v) is 10.0. The molecule has 9 nitrogen and oxygen atoms in total. The van der Waals surface area contributed by atoms with Crippen molar-refractivity contribution in [3.8, 4) is 21.0 Å². The summed E-state index contributed by atoms with van der Waals surface area (Å²) in [5.41, 5.74) is -1.89. The monoisotopic (exact) mass is 769 g/mol. The maximum atomic E-state index is 13.9. The Morgan fingerprint density at radius 3 is 2.13 bits per heavy atom. The lowest BCUT2D eigenvalue weighted by atomic mass is 9.89. The van der Waals surface area contributed by atoms with Crippen LogP contribution in [0.15, 0.2) is 42.6 Å². The number of aromatic carboxylic acids is 1. The predicted molar refractivity (Wildman–Crippen MR) is 177 cm³/mol. The van der Waals surface area contributed by atoms with E-state index in [1.807, 2.05) is 20.8 Å². The van der Waals surface area contributed by atoms with Gasteiger partial charge < -0.3 is 14.7 Å². The Labute approximate surface area is 301 Å². The van der Waals surface area contributed by atoms with Gasteiger partial charge in [0.15, 0.2) is 0 Å². The molecule has 2 aliphatic heterocycles. The number of nitrogens with zero attached hydrogens (tertiary/aromatic N) is 5. The summed E-state index contributed by atoms with van der Waals surface area (Å²) in [7, 11) is 0. The molecule has 2 aromatic carbocycles. The Bertz CT molecular complexity index is 2070. The first-order valence-electron chi connectivity index (χ1n) is 16.0. The van der Waals surface area contributed by atoms with Gasteiger partial charge in [-0.15, -0.1) is 11.3 Å². The van der Waals surface area contributed by atoms with Crippen LogP contribution >= 0.6 is 11.3 Å². The van der Waals surface area contributed by atoms with Crippen molar-refractivity contribution in [1.29, 1.82) is 0 Å². The van der Waals surface area contributed by atoms with Crippen molar-refractivity contribution in [2.24, 2.45) is 0 Å². The summed E-state index contributed by atoms with van der Waals surface area (Å²) in [5, 5.41) is 9.95. The van der Waals surface area contributed by atoms with Crippen LogP contribution in [0.1, 0.15) is 77.8 Å². The van der Waals surface area contributed by atoms with E-state index in [1.165, 1.54) is 41.5 Å². The molecule has 0 radical (unpaired) electrons. The SMILES string of the molecule is Cc1cc(C(=O)O)ccc1-c1nc(C(C)(C)C)c(-c2cnc(N3CC(F)(F)C3)nc2CN2C(=O)OC(c3cc(C(F)(F)F)cc(C(F)(F)F)c3)C2C)s1. The number of aromatic nitrogens is 3. The number of alkyl halides is 8. The number of anilines is 1. The Hall–Kier alpha value is -4.87. The van der Waals surface area contributed by atoms with E-state index in [-0.39, 0.29) is 29.8 Å². The molecule has 282 valence electrons. The van der Waals surface area contributed by atoms with E-state index in [9.17, 15) is 49.8 Å². The number of hydrogen-bond acceptors (Lipinski definition) is 8. The highest BCUT2D eigenvalue weighted by Gasteiger charge is 2.46. The minimum atomic E-state index is -5.13. The minimum Gasteiger partial charge on any atom is -0.478 e. The molecule has 2 aromatic heterocycles. The first-order valence-corrected chi connectivity index (χ1v) is 16.9. The van der Waals surface area contributed by atoms with Crippen LogP contribution in [0.3, 0.4) is 0 Å². The first kappa shape index (κ1) is 37.9. The second-order valence-corrected chi connectivity index (χ2v) is 15.0. The number of cyclic esters (lactones) is 1. The van der Waals surface area contributed by atoms with Crippen LogP contribution in [0.4, 0.5) is 45.9 Å². The van der Waals surface area contributed by atoms with Gasteiger partial charge in [-0.25, -0.2) is 33.3 Å². The highest BCUT2D eigenvalue weighted by atomic mass is 32.1. The zero-order valence-corrected chi connectivity index (χ0v) is 29.5. The average molecular weight is 770 g/mol.